The van der Waals surface area contributed by atoms with E-state index < -0.39 is 6.04 Å². The van der Waals surface area contributed by atoms with Crippen molar-refractivity contribution in [3.05, 3.63) is 81.5 Å². The van der Waals surface area contributed by atoms with E-state index in [4.69, 9.17) is 21.7 Å². The Labute approximate surface area is 213 Å². The molecular formula is C27H29ClN4O4. The van der Waals surface area contributed by atoms with Gasteiger partial charge >= 0.3 is 0 Å². The van der Waals surface area contributed by atoms with Gasteiger partial charge in [0.05, 0.1) is 12.6 Å². The van der Waals surface area contributed by atoms with Gasteiger partial charge in [0.15, 0.2) is 0 Å². The van der Waals surface area contributed by atoms with E-state index in [1.807, 2.05) is 30.3 Å². The zero-order valence-electron chi connectivity index (χ0n) is 20.2. The quantitative estimate of drug-likeness (QED) is 0.299. The smallest absolute Gasteiger partial charge is 0.253 e. The van der Waals surface area contributed by atoms with Crippen LogP contribution in [0.4, 0.5) is 0 Å². The number of carbonyl (C=O) groups is 1. The molecule has 0 saturated heterocycles. The summed E-state index contributed by atoms with van der Waals surface area (Å²) in [5, 5.41) is 21.8. The Morgan fingerprint density at radius 1 is 1.08 bits per heavy atom. The van der Waals surface area contributed by atoms with E-state index in [0.29, 0.717) is 46.9 Å². The van der Waals surface area contributed by atoms with Gasteiger partial charge in [0.2, 0.25) is 0 Å². The summed E-state index contributed by atoms with van der Waals surface area (Å²) in [7, 11) is 1.72. The number of carbonyl (C=O) groups excluding carboxylic acids is 1. The van der Waals surface area contributed by atoms with Crippen molar-refractivity contribution in [1.29, 1.82) is 0 Å². The number of nitrogens with one attached hydrogen (secondary N) is 1. The Morgan fingerprint density at radius 3 is 2.56 bits per heavy atom. The van der Waals surface area contributed by atoms with Crippen LogP contribution in [0.5, 0.6) is 0 Å². The Morgan fingerprint density at radius 2 is 1.83 bits per heavy atom. The number of halogens is 1. The van der Waals surface area contributed by atoms with Crippen molar-refractivity contribution in [2.24, 2.45) is 7.05 Å². The van der Waals surface area contributed by atoms with E-state index in [0.717, 1.165) is 16.7 Å². The van der Waals surface area contributed by atoms with Gasteiger partial charge in [-0.25, -0.2) is 4.98 Å². The molecule has 3 N–H and O–H groups in total. The average molecular weight is 509 g/mol. The molecule has 9 heteroatoms. The maximum Gasteiger partial charge on any atom is 0.253 e. The number of aliphatic hydroxyl groups excluding tert-OH is 2. The second-order valence-corrected chi connectivity index (χ2v) is 9.14. The standard InChI is InChI=1S/C27H29ClN4O4/c1-17-20(11-12-31(2)27(17)36)21-8-3-4-9-22(21)24-25(28)32-13-10-18(15-23(32)30-24)26(35)29-19(16-34)7-5-6-14-33/h3-4,8-13,15,19,33-34H,5-7,14,16H2,1-2H3,(H,29,35)/t19-/m0/s1. The first-order valence-corrected chi connectivity index (χ1v) is 12.2. The number of hydrogen-bond acceptors (Lipinski definition) is 5. The Bertz CT molecular complexity index is 1460. The second kappa shape index (κ2) is 11.1. The molecule has 1 aromatic carbocycles. The molecule has 188 valence electrons. The van der Waals surface area contributed by atoms with Crippen molar-refractivity contribution in [1.82, 2.24) is 19.3 Å². The molecule has 0 saturated carbocycles. The van der Waals surface area contributed by atoms with E-state index in [2.05, 4.69) is 5.32 Å². The lowest BCUT2D eigenvalue weighted by Crippen LogP contribution is -2.37. The van der Waals surface area contributed by atoms with Gasteiger partial charge in [0, 0.05) is 42.7 Å². The average Bonchev–Trinajstić information content (AvgIpc) is 3.22. The van der Waals surface area contributed by atoms with Crippen molar-refractivity contribution in [2.75, 3.05) is 13.2 Å². The maximum atomic E-state index is 12.8. The highest BCUT2D eigenvalue weighted by Crippen LogP contribution is 2.36. The molecule has 0 bridgehead atoms. The zero-order chi connectivity index (χ0) is 25.8. The van der Waals surface area contributed by atoms with Crippen molar-refractivity contribution in [3.63, 3.8) is 0 Å². The third-order valence-corrected chi connectivity index (χ3v) is 6.69. The molecular weight excluding hydrogens is 480 g/mol. The number of fused-ring (bicyclic) bond motifs is 1. The Kier molecular flexibility index (Phi) is 7.88. The summed E-state index contributed by atoms with van der Waals surface area (Å²) in [6, 6.07) is 12.4. The molecule has 8 nitrogen and oxygen atoms in total. The third-order valence-electron chi connectivity index (χ3n) is 6.33. The predicted molar refractivity (Wildman–Crippen MR) is 140 cm³/mol. The molecule has 1 atom stereocenters. The summed E-state index contributed by atoms with van der Waals surface area (Å²) >= 11 is 6.74. The number of benzene rings is 1. The van der Waals surface area contributed by atoms with E-state index in [9.17, 15) is 14.7 Å². The Balaban J connectivity index is 1.70. The van der Waals surface area contributed by atoms with Crippen molar-refractivity contribution < 1.29 is 15.0 Å². The first-order valence-electron chi connectivity index (χ1n) is 11.8. The lowest BCUT2D eigenvalue weighted by atomic mass is 9.96. The number of aromatic nitrogens is 3. The highest BCUT2D eigenvalue weighted by atomic mass is 35.5. The second-order valence-electron chi connectivity index (χ2n) is 8.78. The van der Waals surface area contributed by atoms with Gasteiger partial charge in [-0.2, -0.15) is 0 Å². The molecule has 0 radical (unpaired) electrons. The maximum absolute atomic E-state index is 12.8. The Hall–Kier alpha value is -3.46. The number of rotatable bonds is 9. The van der Waals surface area contributed by atoms with Crippen LogP contribution in [-0.4, -0.2) is 49.3 Å². The minimum absolute atomic E-state index is 0.0726. The summed E-state index contributed by atoms with van der Waals surface area (Å²) in [6.45, 7) is 1.70. The highest BCUT2D eigenvalue weighted by Gasteiger charge is 2.20. The molecule has 4 rings (SSSR count). The van der Waals surface area contributed by atoms with Crippen LogP contribution in [0.3, 0.4) is 0 Å². The van der Waals surface area contributed by atoms with Gasteiger partial charge < -0.3 is 20.1 Å². The number of imidazole rings is 1. The van der Waals surface area contributed by atoms with Crippen LogP contribution >= 0.6 is 11.6 Å². The molecule has 36 heavy (non-hydrogen) atoms. The van der Waals surface area contributed by atoms with Crippen LogP contribution in [0.15, 0.2) is 59.7 Å². The summed E-state index contributed by atoms with van der Waals surface area (Å²) in [4.78, 5) is 30.1. The lowest BCUT2D eigenvalue weighted by Gasteiger charge is -2.16. The molecule has 1 amide bonds. The van der Waals surface area contributed by atoms with E-state index in [1.165, 1.54) is 0 Å². The molecule has 0 aliphatic heterocycles. The van der Waals surface area contributed by atoms with E-state index >= 15 is 0 Å². The normalized spacial score (nSPS) is 12.1. The van der Waals surface area contributed by atoms with Gasteiger partial charge in [-0.05, 0) is 55.5 Å². The fourth-order valence-electron chi connectivity index (χ4n) is 4.28. The van der Waals surface area contributed by atoms with Gasteiger partial charge in [0.25, 0.3) is 11.5 Å². The minimum atomic E-state index is -0.395. The monoisotopic (exact) mass is 508 g/mol. The van der Waals surface area contributed by atoms with Crippen molar-refractivity contribution >= 4 is 23.2 Å². The fraction of sp³-hybridized carbons (Fsp3) is 0.296. The zero-order valence-corrected chi connectivity index (χ0v) is 21.0. The number of amides is 1. The minimum Gasteiger partial charge on any atom is -0.396 e. The number of aryl methyl sites for hydroxylation is 1. The van der Waals surface area contributed by atoms with Crippen molar-refractivity contribution in [2.45, 2.75) is 32.2 Å². The van der Waals surface area contributed by atoms with Crippen LogP contribution in [-0.2, 0) is 7.05 Å². The highest BCUT2D eigenvalue weighted by molar-refractivity contribution is 6.32. The van der Waals surface area contributed by atoms with Gasteiger partial charge in [-0.3, -0.25) is 14.0 Å². The van der Waals surface area contributed by atoms with Crippen LogP contribution in [0.2, 0.25) is 5.15 Å². The number of unbranched alkanes of at least 4 members (excludes halogenated alkanes) is 1. The van der Waals surface area contributed by atoms with Gasteiger partial charge in [-0.1, -0.05) is 35.9 Å². The molecule has 4 aromatic rings. The van der Waals surface area contributed by atoms with Crippen molar-refractivity contribution in [3.8, 4) is 22.4 Å². The molecule has 0 aliphatic carbocycles. The molecule has 3 aromatic heterocycles. The number of hydrogen-bond donors (Lipinski definition) is 3. The van der Waals surface area contributed by atoms with E-state index in [1.54, 1.807) is 47.5 Å². The first kappa shape index (κ1) is 25.6. The number of nitrogens with zero attached hydrogens (tertiary/aromatic N) is 3. The topological polar surface area (TPSA) is 109 Å². The summed E-state index contributed by atoms with van der Waals surface area (Å²) in [5.74, 6) is -0.322. The largest absolute Gasteiger partial charge is 0.396 e. The third kappa shape index (κ3) is 5.06. The van der Waals surface area contributed by atoms with E-state index in [-0.39, 0.29) is 24.7 Å². The number of pyridine rings is 2. The van der Waals surface area contributed by atoms with Gasteiger partial charge in [-0.15, -0.1) is 0 Å². The fourth-order valence-corrected chi connectivity index (χ4v) is 4.57. The van der Waals surface area contributed by atoms with Gasteiger partial charge in [0.1, 0.15) is 16.5 Å². The van der Waals surface area contributed by atoms with Crippen LogP contribution in [0, 0.1) is 6.92 Å². The molecule has 0 unspecified atom stereocenters. The first-order chi connectivity index (χ1) is 17.3. The summed E-state index contributed by atoms with van der Waals surface area (Å²) in [6.07, 6.45) is 5.32. The molecule has 0 spiro atoms. The van der Waals surface area contributed by atoms with Crippen LogP contribution in [0.25, 0.3) is 28.0 Å². The molecule has 0 fully saturated rings. The SMILES string of the molecule is Cc1c(-c2ccccc2-c2nc3cc(C(=O)N[C@H](CO)CCCCO)ccn3c2Cl)ccn(C)c1=O. The lowest BCUT2D eigenvalue weighted by molar-refractivity contribution is 0.0911. The molecule has 0 aliphatic rings. The predicted octanol–water partition coefficient (Wildman–Crippen LogP) is 3.58. The summed E-state index contributed by atoms with van der Waals surface area (Å²) in [5.41, 5.74) is 4.41. The van der Waals surface area contributed by atoms with Crippen LogP contribution < -0.4 is 10.9 Å². The molecule has 3 heterocycles. The number of aliphatic hydroxyl groups is 2. The summed E-state index contributed by atoms with van der Waals surface area (Å²) < 4.78 is 3.24. The van der Waals surface area contributed by atoms with Crippen LogP contribution in [0.1, 0.15) is 35.2 Å².